The third-order valence-corrected chi connectivity index (χ3v) is 7.41. The smallest absolute Gasteiger partial charge is 0.451 e. The van der Waals surface area contributed by atoms with Crippen LogP contribution in [0.1, 0.15) is 25.7 Å². The fraction of sp³-hybridized carbons (Fsp3) is 0.867. The number of aliphatic carboxylic acids is 2. The van der Waals surface area contributed by atoms with Crippen LogP contribution in [-0.2, 0) is 19.8 Å². The van der Waals surface area contributed by atoms with Crippen molar-refractivity contribution in [1.29, 1.82) is 0 Å². The highest BCUT2D eigenvalue weighted by atomic mass is 32.2. The predicted molar refractivity (Wildman–Crippen MR) is 103 cm³/mol. The molecule has 1 unspecified atom stereocenters. The summed E-state index contributed by atoms with van der Waals surface area (Å²) in [5.41, 5.74) is 9.76. The number of carboxylic acid groups (broad SMARTS) is 2. The number of hydrogen-bond acceptors (Lipinski definition) is 8. The van der Waals surface area contributed by atoms with E-state index in [4.69, 9.17) is 26.6 Å². The maximum Gasteiger partial charge on any atom is 0.451 e. The first kappa shape index (κ1) is 24.0. The third kappa shape index (κ3) is 5.87. The van der Waals surface area contributed by atoms with Crippen molar-refractivity contribution in [3.8, 4) is 0 Å². The van der Waals surface area contributed by atoms with E-state index in [1.54, 1.807) is 0 Å². The van der Waals surface area contributed by atoms with Crippen LogP contribution in [-0.4, -0.2) is 94.1 Å². The highest BCUT2D eigenvalue weighted by Crippen LogP contribution is 2.35. The Kier molecular flexibility index (Phi) is 7.65. The highest BCUT2D eigenvalue weighted by Gasteiger charge is 2.53. The first-order valence-corrected chi connectivity index (χ1v) is 10.9. The van der Waals surface area contributed by atoms with E-state index in [1.807, 2.05) is 0 Å². The topological polar surface area (TPSA) is 208 Å². The zero-order valence-corrected chi connectivity index (χ0v) is 16.9. The second-order valence-electron chi connectivity index (χ2n) is 7.96. The summed E-state index contributed by atoms with van der Waals surface area (Å²) in [6, 6.07) is -1.41. The predicted octanol–water partition coefficient (Wildman–Crippen LogP) is -2.68. The summed E-state index contributed by atoms with van der Waals surface area (Å²) >= 11 is 0. The number of nitrogens with zero attached hydrogens (tertiary/aromatic N) is 2. The van der Waals surface area contributed by atoms with E-state index < -0.39 is 59.9 Å². The van der Waals surface area contributed by atoms with Gasteiger partial charge in [-0.15, -0.1) is 0 Å². The fourth-order valence-corrected chi connectivity index (χ4v) is 5.34. The van der Waals surface area contributed by atoms with Gasteiger partial charge in [0.2, 0.25) is 0 Å². The van der Waals surface area contributed by atoms with Crippen molar-refractivity contribution in [2.24, 2.45) is 23.3 Å². The average Bonchev–Trinajstić information content (AvgIpc) is 3.35. The standard InChI is InChI=1S/C15H29BN4O8S/c17-12(13(21)22)8-19(6-10-3-4-10)29(27,28)20-7-11(2-1-5-16(25)26)15(18,9-20)14(23)24/h10-12,25-26H,1-9,17-18H2,(H,21,22)(H,23,24)/t11-,12?,15-/m0/s1. The van der Waals surface area contributed by atoms with Gasteiger partial charge < -0.3 is 31.7 Å². The molecule has 0 aromatic rings. The van der Waals surface area contributed by atoms with Gasteiger partial charge >= 0.3 is 19.1 Å². The van der Waals surface area contributed by atoms with Crippen LogP contribution < -0.4 is 11.5 Å². The molecule has 3 atom stereocenters. The maximum atomic E-state index is 13.2. The summed E-state index contributed by atoms with van der Waals surface area (Å²) in [5.74, 6) is -3.29. The number of rotatable bonds is 12. The zero-order chi connectivity index (χ0) is 22.0. The SMILES string of the molecule is NC(CN(CC1CC1)S(=O)(=O)N1C[C@H](CCCB(O)O)[C@](N)(C(=O)O)C1)C(=O)O. The molecule has 29 heavy (non-hydrogen) atoms. The second kappa shape index (κ2) is 9.24. The second-order valence-corrected chi connectivity index (χ2v) is 9.89. The van der Waals surface area contributed by atoms with Crippen molar-refractivity contribution >= 4 is 29.3 Å². The number of nitrogens with two attached hydrogens (primary N) is 2. The van der Waals surface area contributed by atoms with Gasteiger partial charge in [-0.3, -0.25) is 9.59 Å². The lowest BCUT2D eigenvalue weighted by molar-refractivity contribution is -0.144. The molecule has 14 heteroatoms. The highest BCUT2D eigenvalue weighted by molar-refractivity contribution is 7.86. The van der Waals surface area contributed by atoms with Gasteiger partial charge in [0.1, 0.15) is 11.6 Å². The normalized spacial score (nSPS) is 26.6. The van der Waals surface area contributed by atoms with E-state index in [9.17, 15) is 23.1 Å². The van der Waals surface area contributed by atoms with E-state index >= 15 is 0 Å². The maximum absolute atomic E-state index is 13.2. The van der Waals surface area contributed by atoms with Crippen molar-refractivity contribution < 1.29 is 38.3 Å². The summed E-state index contributed by atoms with van der Waals surface area (Å²) in [5, 5.41) is 36.6. The Morgan fingerprint density at radius 2 is 1.90 bits per heavy atom. The number of carbonyl (C=O) groups is 2. The summed E-state index contributed by atoms with van der Waals surface area (Å²) in [7, 11) is -5.72. The first-order chi connectivity index (χ1) is 13.4. The molecule has 2 fully saturated rings. The Bertz CT molecular complexity index is 719. The van der Waals surface area contributed by atoms with Crippen LogP contribution >= 0.6 is 0 Å². The average molecular weight is 436 g/mol. The molecule has 0 aromatic heterocycles. The molecule has 2 aliphatic rings. The molecule has 1 saturated carbocycles. The number of hydrogen-bond donors (Lipinski definition) is 6. The molecule has 0 radical (unpaired) electrons. The van der Waals surface area contributed by atoms with Gasteiger partial charge in [0.15, 0.2) is 0 Å². The molecule has 1 saturated heterocycles. The Hall–Kier alpha value is -1.29. The minimum atomic E-state index is -4.18. The lowest BCUT2D eigenvalue weighted by Crippen LogP contribution is -2.56. The minimum absolute atomic E-state index is 0.0141. The summed E-state index contributed by atoms with van der Waals surface area (Å²) in [6.45, 7) is -0.918. The van der Waals surface area contributed by atoms with Crippen molar-refractivity contribution in [1.82, 2.24) is 8.61 Å². The van der Waals surface area contributed by atoms with Gasteiger partial charge in [0.05, 0.1) is 0 Å². The lowest BCUT2D eigenvalue weighted by atomic mass is 9.78. The van der Waals surface area contributed by atoms with Gasteiger partial charge in [0, 0.05) is 32.1 Å². The van der Waals surface area contributed by atoms with Gasteiger partial charge in [-0.2, -0.15) is 17.0 Å². The Morgan fingerprint density at radius 1 is 1.28 bits per heavy atom. The summed E-state index contributed by atoms with van der Waals surface area (Å²) in [4.78, 5) is 22.9. The van der Waals surface area contributed by atoms with Crippen LogP contribution in [0.4, 0.5) is 0 Å². The van der Waals surface area contributed by atoms with Crippen molar-refractivity contribution in [3.05, 3.63) is 0 Å². The van der Waals surface area contributed by atoms with Gasteiger partial charge in [-0.1, -0.05) is 6.42 Å². The molecule has 0 spiro atoms. The van der Waals surface area contributed by atoms with Crippen LogP contribution in [0.2, 0.25) is 6.32 Å². The van der Waals surface area contributed by atoms with Gasteiger partial charge in [-0.25, -0.2) is 0 Å². The zero-order valence-electron chi connectivity index (χ0n) is 16.1. The lowest BCUT2D eigenvalue weighted by Gasteiger charge is -2.29. The van der Waals surface area contributed by atoms with Crippen LogP contribution in [0, 0.1) is 11.8 Å². The number of carboxylic acids is 2. The van der Waals surface area contributed by atoms with E-state index in [-0.39, 0.29) is 38.2 Å². The van der Waals surface area contributed by atoms with E-state index in [0.717, 1.165) is 21.5 Å². The summed E-state index contributed by atoms with van der Waals surface area (Å²) in [6.07, 6.45) is 2.13. The molecule has 1 heterocycles. The van der Waals surface area contributed by atoms with E-state index in [0.29, 0.717) is 0 Å². The molecular formula is C15H29BN4O8S. The fourth-order valence-electron chi connectivity index (χ4n) is 3.52. The monoisotopic (exact) mass is 436 g/mol. The molecule has 2 rings (SSSR count). The summed E-state index contributed by atoms with van der Waals surface area (Å²) < 4.78 is 28.3. The van der Waals surface area contributed by atoms with Crippen LogP contribution in [0.25, 0.3) is 0 Å². The molecule has 0 aromatic carbocycles. The van der Waals surface area contributed by atoms with Crippen LogP contribution in [0.3, 0.4) is 0 Å². The largest absolute Gasteiger partial charge is 0.480 e. The van der Waals surface area contributed by atoms with E-state index in [2.05, 4.69) is 0 Å². The molecule has 0 bridgehead atoms. The van der Waals surface area contributed by atoms with Crippen LogP contribution in [0.5, 0.6) is 0 Å². The van der Waals surface area contributed by atoms with Crippen molar-refractivity contribution in [3.63, 3.8) is 0 Å². The Balaban J connectivity index is 2.19. The van der Waals surface area contributed by atoms with Gasteiger partial charge in [0.25, 0.3) is 10.2 Å². The Morgan fingerprint density at radius 3 is 2.38 bits per heavy atom. The van der Waals surface area contributed by atoms with Crippen LogP contribution in [0.15, 0.2) is 0 Å². The molecule has 1 aliphatic carbocycles. The van der Waals surface area contributed by atoms with E-state index in [1.165, 1.54) is 0 Å². The molecule has 8 N–H and O–H groups in total. The molecule has 12 nitrogen and oxygen atoms in total. The quantitative estimate of drug-likeness (QED) is 0.175. The third-order valence-electron chi connectivity index (χ3n) is 5.53. The van der Waals surface area contributed by atoms with Crippen molar-refractivity contribution in [2.75, 3.05) is 26.2 Å². The molecular weight excluding hydrogens is 407 g/mol. The molecule has 1 aliphatic heterocycles. The molecule has 166 valence electrons. The van der Waals surface area contributed by atoms with Gasteiger partial charge in [-0.05, 0) is 31.5 Å². The van der Waals surface area contributed by atoms with Crippen molar-refractivity contribution in [2.45, 2.75) is 43.6 Å². The first-order valence-electron chi connectivity index (χ1n) is 9.50. The Labute approximate surface area is 169 Å². The minimum Gasteiger partial charge on any atom is -0.480 e. The molecule has 0 amide bonds.